The molecule has 0 radical (unpaired) electrons. The van der Waals surface area contributed by atoms with E-state index in [2.05, 4.69) is 17.2 Å². The van der Waals surface area contributed by atoms with E-state index in [1.165, 1.54) is 0 Å². The van der Waals surface area contributed by atoms with Crippen LogP contribution in [0.3, 0.4) is 0 Å². The van der Waals surface area contributed by atoms with Crippen molar-refractivity contribution < 1.29 is 24.1 Å². The number of amides is 1. The van der Waals surface area contributed by atoms with Crippen molar-refractivity contribution >= 4 is 18.9 Å². The third-order valence-corrected chi connectivity index (χ3v) is 6.85. The Morgan fingerprint density at radius 3 is 2.41 bits per heavy atom. The number of ether oxygens (including phenoxy) is 2. The average Bonchev–Trinajstić information content (AvgIpc) is 3.36. The molecular formula is C23H34BN3O5. The number of hydrogen-bond donors (Lipinski definition) is 2. The summed E-state index contributed by atoms with van der Waals surface area (Å²) < 4.78 is 11.7. The summed E-state index contributed by atoms with van der Waals surface area (Å²) in [5.74, 6) is -0.862. The van der Waals surface area contributed by atoms with Crippen molar-refractivity contribution in [2.24, 2.45) is 11.8 Å². The van der Waals surface area contributed by atoms with E-state index in [9.17, 15) is 14.6 Å². The minimum Gasteiger partial charge on any atom is -0.437 e. The van der Waals surface area contributed by atoms with Crippen LogP contribution in [0.5, 0.6) is 5.75 Å². The second-order valence-corrected chi connectivity index (χ2v) is 9.48. The molecule has 9 heteroatoms. The van der Waals surface area contributed by atoms with Crippen molar-refractivity contribution in [1.29, 1.82) is 0 Å². The van der Waals surface area contributed by atoms with E-state index in [4.69, 9.17) is 9.47 Å². The molecule has 3 aliphatic rings. The highest BCUT2D eigenvalue weighted by Gasteiger charge is 2.57. The summed E-state index contributed by atoms with van der Waals surface area (Å²) in [6, 6.07) is 7.54. The molecule has 1 aromatic carbocycles. The molecule has 0 saturated carbocycles. The fourth-order valence-corrected chi connectivity index (χ4v) is 5.23. The maximum Gasteiger partial charge on any atom is 0.373 e. The molecule has 4 rings (SSSR count). The smallest absolute Gasteiger partial charge is 0.373 e. The fraction of sp³-hybridized carbons (Fsp3) is 0.652. The molecule has 1 amide bonds. The number of carbonyl (C=O) groups excluding carboxylic acids is 2. The molecular weight excluding hydrogens is 409 g/mol. The Morgan fingerprint density at radius 2 is 1.78 bits per heavy atom. The van der Waals surface area contributed by atoms with Crippen molar-refractivity contribution in [2.45, 2.75) is 51.3 Å². The number of piperazine rings is 1. The van der Waals surface area contributed by atoms with Gasteiger partial charge in [0.05, 0.1) is 24.0 Å². The number of likely N-dealkylation sites (N-methyl/N-ethyl adjacent to an activating group) is 1. The zero-order valence-corrected chi connectivity index (χ0v) is 19.2. The molecule has 3 heterocycles. The van der Waals surface area contributed by atoms with Crippen LogP contribution in [0.15, 0.2) is 24.3 Å². The van der Waals surface area contributed by atoms with Gasteiger partial charge >= 0.3 is 13.0 Å². The number of esters is 1. The molecule has 2 bridgehead atoms. The SMILES string of the molecule is CB(O)NC(C)Cc1ccc(OC(=O)C2C(C(=O)N3CCN(C)CC3)[C@@H]3CC[C@H]2O3)cc1. The van der Waals surface area contributed by atoms with Gasteiger partial charge in [0.25, 0.3) is 0 Å². The van der Waals surface area contributed by atoms with Crippen LogP contribution >= 0.6 is 0 Å². The number of nitrogens with one attached hydrogen (secondary N) is 1. The van der Waals surface area contributed by atoms with E-state index in [1.54, 1.807) is 19.0 Å². The number of carbonyl (C=O) groups is 2. The van der Waals surface area contributed by atoms with Gasteiger partial charge < -0.3 is 29.5 Å². The van der Waals surface area contributed by atoms with Crippen LogP contribution in [0.4, 0.5) is 0 Å². The third kappa shape index (κ3) is 5.17. The Morgan fingerprint density at radius 1 is 1.16 bits per heavy atom. The molecule has 32 heavy (non-hydrogen) atoms. The summed E-state index contributed by atoms with van der Waals surface area (Å²) >= 11 is 0. The zero-order chi connectivity index (χ0) is 22.8. The topological polar surface area (TPSA) is 91.3 Å². The van der Waals surface area contributed by atoms with E-state index in [0.717, 1.165) is 37.9 Å². The highest BCUT2D eigenvalue weighted by molar-refractivity contribution is 6.45. The first-order valence-electron chi connectivity index (χ1n) is 11.7. The normalized spacial score (nSPS) is 28.6. The molecule has 2 N–H and O–H groups in total. The molecule has 3 saturated heterocycles. The summed E-state index contributed by atoms with van der Waals surface area (Å²) in [5.41, 5.74) is 1.08. The monoisotopic (exact) mass is 443 g/mol. The molecule has 3 aliphatic heterocycles. The standard InChI is InChI=1S/C23H34BN3O5/c1-15(25-24(2)30)14-16-4-6-17(7-5-16)31-23(29)21-19-9-8-18(32-19)20(21)22(28)27-12-10-26(3)11-13-27/h4-7,15,18-21,25,30H,8-14H2,1-3H3/t15?,18-,19+,20?,21?/m0/s1. The lowest BCUT2D eigenvalue weighted by Gasteiger charge is -2.36. The summed E-state index contributed by atoms with van der Waals surface area (Å²) in [7, 11) is 1.49. The molecule has 3 unspecified atom stereocenters. The van der Waals surface area contributed by atoms with Crippen molar-refractivity contribution in [2.75, 3.05) is 33.2 Å². The lowest BCUT2D eigenvalue weighted by Crippen LogP contribution is -2.52. The van der Waals surface area contributed by atoms with Crippen LogP contribution in [-0.4, -0.2) is 85.2 Å². The van der Waals surface area contributed by atoms with Crippen LogP contribution < -0.4 is 9.96 Å². The molecule has 0 aliphatic carbocycles. The van der Waals surface area contributed by atoms with Crippen molar-refractivity contribution in [3.05, 3.63) is 29.8 Å². The lowest BCUT2D eigenvalue weighted by atomic mass is 9.78. The van der Waals surface area contributed by atoms with Gasteiger partial charge in [-0.15, -0.1) is 0 Å². The molecule has 174 valence electrons. The van der Waals surface area contributed by atoms with Gasteiger partial charge in [0.1, 0.15) is 5.75 Å². The van der Waals surface area contributed by atoms with Crippen LogP contribution in [0.25, 0.3) is 0 Å². The molecule has 1 aromatic rings. The Hall–Kier alpha value is -1.94. The summed E-state index contributed by atoms with van der Waals surface area (Å²) in [4.78, 5) is 30.5. The average molecular weight is 443 g/mol. The van der Waals surface area contributed by atoms with E-state index in [0.29, 0.717) is 18.8 Å². The first-order chi connectivity index (χ1) is 15.3. The number of rotatable bonds is 7. The van der Waals surface area contributed by atoms with E-state index in [-0.39, 0.29) is 30.1 Å². The van der Waals surface area contributed by atoms with Gasteiger partial charge in [-0.2, -0.15) is 0 Å². The molecule has 5 atom stereocenters. The number of benzene rings is 1. The molecule has 0 aromatic heterocycles. The van der Waals surface area contributed by atoms with Gasteiger partial charge in [0.15, 0.2) is 0 Å². The largest absolute Gasteiger partial charge is 0.437 e. The minimum absolute atomic E-state index is 0.0298. The molecule has 3 fully saturated rings. The summed E-state index contributed by atoms with van der Waals surface area (Å²) in [6.07, 6.45) is 1.95. The van der Waals surface area contributed by atoms with Gasteiger partial charge in [0, 0.05) is 26.2 Å². The number of fused-ring (bicyclic) bond motifs is 2. The van der Waals surface area contributed by atoms with Crippen LogP contribution in [0.1, 0.15) is 25.3 Å². The van der Waals surface area contributed by atoms with Gasteiger partial charge in [-0.3, -0.25) is 9.59 Å². The second kappa shape index (κ2) is 9.91. The highest BCUT2D eigenvalue weighted by Crippen LogP contribution is 2.45. The van der Waals surface area contributed by atoms with Gasteiger partial charge in [-0.1, -0.05) is 19.1 Å². The van der Waals surface area contributed by atoms with Crippen molar-refractivity contribution in [1.82, 2.24) is 15.0 Å². The van der Waals surface area contributed by atoms with Crippen LogP contribution in [0, 0.1) is 11.8 Å². The van der Waals surface area contributed by atoms with E-state index >= 15 is 0 Å². The molecule has 8 nitrogen and oxygen atoms in total. The summed E-state index contributed by atoms with van der Waals surface area (Å²) in [5, 5.41) is 12.5. The first-order valence-corrected chi connectivity index (χ1v) is 11.7. The van der Waals surface area contributed by atoms with Crippen LogP contribution in [0.2, 0.25) is 6.82 Å². The van der Waals surface area contributed by atoms with Crippen molar-refractivity contribution in [3.63, 3.8) is 0 Å². The predicted octanol–water partition coefficient (Wildman–Crippen LogP) is 0.791. The maximum atomic E-state index is 13.3. The highest BCUT2D eigenvalue weighted by atomic mass is 16.5. The zero-order valence-electron chi connectivity index (χ0n) is 19.2. The third-order valence-electron chi connectivity index (χ3n) is 6.85. The Labute approximate surface area is 190 Å². The van der Waals surface area contributed by atoms with E-state index in [1.807, 2.05) is 24.0 Å². The second-order valence-electron chi connectivity index (χ2n) is 9.48. The van der Waals surface area contributed by atoms with Gasteiger partial charge in [-0.25, -0.2) is 0 Å². The fourth-order valence-electron chi connectivity index (χ4n) is 5.23. The summed E-state index contributed by atoms with van der Waals surface area (Å²) in [6.45, 7) is 6.78. The number of nitrogens with zero attached hydrogens (tertiary/aromatic N) is 2. The quantitative estimate of drug-likeness (QED) is 0.366. The molecule has 0 spiro atoms. The Kier molecular flexibility index (Phi) is 7.19. The lowest BCUT2D eigenvalue weighted by molar-refractivity contribution is -0.149. The number of hydrogen-bond acceptors (Lipinski definition) is 7. The van der Waals surface area contributed by atoms with Crippen LogP contribution in [-0.2, 0) is 20.7 Å². The predicted molar refractivity (Wildman–Crippen MR) is 121 cm³/mol. The maximum absolute atomic E-state index is 13.3. The Balaban J connectivity index is 1.39. The minimum atomic E-state index is -0.560. The Bertz CT molecular complexity index is 812. The van der Waals surface area contributed by atoms with Gasteiger partial charge in [-0.05, 0) is 56.9 Å². The first kappa shape index (κ1) is 23.2. The van der Waals surface area contributed by atoms with Gasteiger partial charge in [0.2, 0.25) is 5.91 Å². The van der Waals surface area contributed by atoms with Crippen molar-refractivity contribution in [3.8, 4) is 5.75 Å². The van der Waals surface area contributed by atoms with E-state index < -0.39 is 18.9 Å².